The van der Waals surface area contributed by atoms with E-state index in [1.54, 1.807) is 0 Å². The molecule has 3 N–H and O–H groups in total. The molecule has 0 fully saturated rings. The van der Waals surface area contributed by atoms with Gasteiger partial charge >= 0.3 is 12.4 Å². The van der Waals surface area contributed by atoms with Gasteiger partial charge in [0.15, 0.2) is 11.6 Å². The Balaban J connectivity index is 1.58. The van der Waals surface area contributed by atoms with Crippen molar-refractivity contribution in [3.05, 3.63) is 83.9 Å². The van der Waals surface area contributed by atoms with E-state index >= 15 is 0 Å². The topological polar surface area (TPSA) is 109 Å². The quantitative estimate of drug-likeness (QED) is 0.199. The maximum atomic E-state index is 13.2. The zero-order chi connectivity index (χ0) is 29.1. The molecule has 0 radical (unpaired) electrons. The SMILES string of the molecule is O=S(=O)(CC(F)(F)F)Nc1ccc(-c2cc(Nc3ccc(C(F)(F)F)nc3)n[nH]2)cc1OCc1ccc(F)cc1. The number of rotatable bonds is 9. The predicted molar refractivity (Wildman–Crippen MR) is 131 cm³/mol. The Kier molecular flexibility index (Phi) is 7.91. The van der Waals surface area contributed by atoms with E-state index in [1.165, 1.54) is 48.5 Å². The molecule has 16 heteroatoms. The van der Waals surface area contributed by atoms with Crippen LogP contribution in [0.1, 0.15) is 11.3 Å². The number of H-pyrrole nitrogens is 1. The number of hydrogen-bond donors (Lipinski definition) is 3. The van der Waals surface area contributed by atoms with Crippen molar-refractivity contribution in [3.63, 3.8) is 0 Å². The number of aromatic nitrogens is 3. The van der Waals surface area contributed by atoms with Gasteiger partial charge in [-0.2, -0.15) is 31.4 Å². The molecule has 40 heavy (non-hydrogen) atoms. The van der Waals surface area contributed by atoms with E-state index in [-0.39, 0.29) is 29.5 Å². The van der Waals surface area contributed by atoms with E-state index in [4.69, 9.17) is 4.74 Å². The fourth-order valence-corrected chi connectivity index (χ4v) is 4.38. The predicted octanol–water partition coefficient (Wildman–Crippen LogP) is 6.26. The Morgan fingerprint density at radius 1 is 0.925 bits per heavy atom. The Labute approximate surface area is 222 Å². The molecule has 0 aliphatic rings. The fraction of sp³-hybridized carbons (Fsp3) is 0.167. The van der Waals surface area contributed by atoms with E-state index in [0.717, 1.165) is 18.3 Å². The first kappa shape index (κ1) is 28.7. The van der Waals surface area contributed by atoms with E-state index in [0.29, 0.717) is 16.8 Å². The largest absolute Gasteiger partial charge is 0.487 e. The molecular formula is C24H18F7N5O3S. The van der Waals surface area contributed by atoms with Gasteiger partial charge in [-0.05, 0) is 42.0 Å². The van der Waals surface area contributed by atoms with Crippen molar-refractivity contribution >= 4 is 27.2 Å². The number of nitrogens with one attached hydrogen (secondary N) is 3. The van der Waals surface area contributed by atoms with Crippen LogP contribution in [-0.4, -0.2) is 35.5 Å². The molecule has 0 bridgehead atoms. The Hall–Kier alpha value is -4.34. The van der Waals surface area contributed by atoms with Crippen LogP contribution in [0.15, 0.2) is 66.9 Å². The lowest BCUT2D eigenvalue weighted by atomic mass is 10.1. The maximum Gasteiger partial charge on any atom is 0.433 e. The molecule has 4 aromatic rings. The average Bonchev–Trinajstić information content (AvgIpc) is 3.31. The van der Waals surface area contributed by atoms with Crippen molar-refractivity contribution in [1.29, 1.82) is 0 Å². The summed E-state index contributed by atoms with van der Waals surface area (Å²) < 4.78 is 121. The Morgan fingerprint density at radius 3 is 2.27 bits per heavy atom. The van der Waals surface area contributed by atoms with Crippen LogP contribution in [0.25, 0.3) is 11.3 Å². The first-order chi connectivity index (χ1) is 18.7. The molecule has 0 aliphatic heterocycles. The first-order valence-electron chi connectivity index (χ1n) is 11.1. The molecule has 0 amide bonds. The minimum Gasteiger partial charge on any atom is -0.487 e. The molecule has 0 aliphatic carbocycles. The molecule has 4 rings (SSSR count). The third-order valence-corrected chi connectivity index (χ3v) is 6.36. The monoisotopic (exact) mass is 589 g/mol. The van der Waals surface area contributed by atoms with Gasteiger partial charge in [-0.25, -0.2) is 17.8 Å². The van der Waals surface area contributed by atoms with Crippen LogP contribution in [0.5, 0.6) is 5.75 Å². The third-order valence-electron chi connectivity index (χ3n) is 5.12. The maximum absolute atomic E-state index is 13.2. The minimum absolute atomic E-state index is 0.136. The van der Waals surface area contributed by atoms with E-state index in [2.05, 4.69) is 20.5 Å². The van der Waals surface area contributed by atoms with Gasteiger partial charge in [0, 0.05) is 11.6 Å². The summed E-state index contributed by atoms with van der Waals surface area (Å²) in [5.41, 5.74) is 0.0826. The summed E-state index contributed by atoms with van der Waals surface area (Å²) in [5, 5.41) is 9.47. The summed E-state index contributed by atoms with van der Waals surface area (Å²) in [6.45, 7) is -0.172. The van der Waals surface area contributed by atoms with E-state index < -0.39 is 39.6 Å². The Bertz CT molecular complexity index is 1570. The van der Waals surface area contributed by atoms with Gasteiger partial charge < -0.3 is 10.1 Å². The summed E-state index contributed by atoms with van der Waals surface area (Å²) in [6, 6.07) is 12.5. The molecule has 0 saturated heterocycles. The molecule has 212 valence electrons. The highest BCUT2D eigenvalue weighted by Crippen LogP contribution is 2.34. The van der Waals surface area contributed by atoms with E-state index in [1.807, 2.05) is 4.72 Å². The molecule has 2 heterocycles. The lowest BCUT2D eigenvalue weighted by molar-refractivity contribution is -0.141. The van der Waals surface area contributed by atoms with Gasteiger partial charge in [-0.3, -0.25) is 9.82 Å². The number of hydrogen-bond acceptors (Lipinski definition) is 6. The molecule has 0 atom stereocenters. The number of aromatic amines is 1. The highest BCUT2D eigenvalue weighted by Gasteiger charge is 2.35. The van der Waals surface area contributed by atoms with Crippen molar-refractivity contribution in [1.82, 2.24) is 15.2 Å². The number of pyridine rings is 1. The Morgan fingerprint density at radius 2 is 1.65 bits per heavy atom. The number of nitrogens with zero attached hydrogens (tertiary/aromatic N) is 2. The second-order valence-corrected chi connectivity index (χ2v) is 10.0. The number of halogens is 7. The van der Waals surface area contributed by atoms with Gasteiger partial charge in [-0.1, -0.05) is 18.2 Å². The zero-order valence-corrected chi connectivity index (χ0v) is 20.8. The van der Waals surface area contributed by atoms with Crippen molar-refractivity contribution in [2.45, 2.75) is 19.0 Å². The average molecular weight is 589 g/mol. The molecule has 2 aromatic heterocycles. The molecule has 2 aromatic carbocycles. The van der Waals surface area contributed by atoms with Gasteiger partial charge in [0.1, 0.15) is 23.9 Å². The summed E-state index contributed by atoms with van der Waals surface area (Å²) in [5.74, 6) is -2.56. The van der Waals surface area contributed by atoms with Crippen LogP contribution in [0, 0.1) is 5.82 Å². The van der Waals surface area contributed by atoms with Crippen LogP contribution >= 0.6 is 0 Å². The molecule has 0 saturated carbocycles. The molecular weight excluding hydrogens is 571 g/mol. The highest BCUT2D eigenvalue weighted by atomic mass is 32.2. The number of ether oxygens (including phenoxy) is 1. The number of benzene rings is 2. The normalized spacial score (nSPS) is 12.3. The highest BCUT2D eigenvalue weighted by molar-refractivity contribution is 7.92. The van der Waals surface area contributed by atoms with Gasteiger partial charge in [0.05, 0.1) is 23.3 Å². The van der Waals surface area contributed by atoms with Crippen LogP contribution in [0.3, 0.4) is 0 Å². The summed E-state index contributed by atoms with van der Waals surface area (Å²) in [4.78, 5) is 3.34. The van der Waals surface area contributed by atoms with Crippen molar-refractivity contribution in [2.24, 2.45) is 0 Å². The minimum atomic E-state index is -4.98. The fourth-order valence-electron chi connectivity index (χ4n) is 3.37. The van der Waals surface area contributed by atoms with Gasteiger partial charge in [-0.15, -0.1) is 0 Å². The zero-order valence-electron chi connectivity index (χ0n) is 19.9. The standard InChI is InChI=1S/C24H18F7N5O3S/c25-16-4-1-14(2-5-16)12-39-20-9-15(3-7-18(20)36-40(37,38)13-23(26,27)28)19-10-22(35-34-19)33-17-6-8-21(32-11-17)24(29,30)31/h1-11,36H,12-13H2,(H2,33,34,35). The third kappa shape index (κ3) is 7.84. The van der Waals surface area contributed by atoms with Crippen molar-refractivity contribution in [2.75, 3.05) is 15.8 Å². The van der Waals surface area contributed by atoms with Crippen LogP contribution < -0.4 is 14.8 Å². The molecule has 0 spiro atoms. The van der Waals surface area contributed by atoms with Crippen LogP contribution in [0.4, 0.5) is 47.9 Å². The second-order valence-electron chi connectivity index (χ2n) is 8.32. The van der Waals surface area contributed by atoms with Crippen molar-refractivity contribution in [3.8, 4) is 17.0 Å². The van der Waals surface area contributed by atoms with Crippen LogP contribution in [0.2, 0.25) is 0 Å². The summed E-state index contributed by atoms with van der Waals surface area (Å²) in [7, 11) is -4.83. The van der Waals surface area contributed by atoms with Crippen LogP contribution in [-0.2, 0) is 22.8 Å². The van der Waals surface area contributed by atoms with Crippen molar-refractivity contribution < 1.29 is 43.9 Å². The summed E-state index contributed by atoms with van der Waals surface area (Å²) in [6.07, 6.45) is -8.61. The first-order valence-corrected chi connectivity index (χ1v) is 12.8. The van der Waals surface area contributed by atoms with E-state index in [9.17, 15) is 39.2 Å². The number of anilines is 3. The van der Waals surface area contributed by atoms with Gasteiger partial charge in [0.25, 0.3) is 0 Å². The lowest BCUT2D eigenvalue weighted by Crippen LogP contribution is -2.28. The second kappa shape index (κ2) is 11.0. The molecule has 0 unspecified atom stereocenters. The summed E-state index contributed by atoms with van der Waals surface area (Å²) >= 11 is 0. The number of sulfonamides is 1. The number of alkyl halides is 6. The smallest absolute Gasteiger partial charge is 0.433 e. The molecule has 8 nitrogen and oxygen atoms in total. The van der Waals surface area contributed by atoms with Gasteiger partial charge in [0.2, 0.25) is 10.0 Å². The lowest BCUT2D eigenvalue weighted by Gasteiger charge is -2.16.